The van der Waals surface area contributed by atoms with Crippen LogP contribution in [-0.4, -0.2) is 19.1 Å². The molecule has 2 aromatic rings. The molecular formula is C18H20N2O2. The van der Waals surface area contributed by atoms with E-state index in [4.69, 9.17) is 10.5 Å². The molecule has 2 atom stereocenters. The van der Waals surface area contributed by atoms with E-state index in [-0.39, 0.29) is 11.9 Å². The van der Waals surface area contributed by atoms with E-state index < -0.39 is 6.04 Å². The number of methoxy groups -OCH3 is 1. The van der Waals surface area contributed by atoms with Gasteiger partial charge in [0.15, 0.2) is 0 Å². The average molecular weight is 296 g/mol. The molecule has 0 radical (unpaired) electrons. The van der Waals surface area contributed by atoms with Crippen LogP contribution in [0.3, 0.4) is 0 Å². The number of amides is 1. The van der Waals surface area contributed by atoms with Gasteiger partial charge in [-0.05, 0) is 41.8 Å². The predicted molar refractivity (Wildman–Crippen MR) is 87.0 cm³/mol. The zero-order valence-corrected chi connectivity index (χ0v) is 12.8. The zero-order valence-electron chi connectivity index (χ0n) is 12.8. The molecule has 0 saturated carbocycles. The normalized spacial score (nSPS) is 20.7. The Bertz CT molecular complexity index is 682. The first-order chi connectivity index (χ1) is 10.7. The molecule has 1 fully saturated rings. The van der Waals surface area contributed by atoms with Gasteiger partial charge in [-0.2, -0.15) is 0 Å². The van der Waals surface area contributed by atoms with Crippen molar-refractivity contribution in [1.82, 2.24) is 0 Å². The van der Waals surface area contributed by atoms with Crippen LogP contribution in [0.25, 0.3) is 0 Å². The minimum atomic E-state index is -0.502. The first-order valence-corrected chi connectivity index (χ1v) is 7.47. The molecule has 1 amide bonds. The summed E-state index contributed by atoms with van der Waals surface area (Å²) >= 11 is 0. The van der Waals surface area contributed by atoms with Gasteiger partial charge in [0, 0.05) is 5.69 Å². The van der Waals surface area contributed by atoms with E-state index >= 15 is 0 Å². The topological polar surface area (TPSA) is 55.6 Å². The molecule has 2 aromatic carbocycles. The lowest BCUT2D eigenvalue weighted by Gasteiger charge is -2.45. The molecule has 0 spiro atoms. The van der Waals surface area contributed by atoms with Crippen LogP contribution >= 0.6 is 0 Å². The molecule has 0 aromatic heterocycles. The number of hydrogen-bond donors (Lipinski definition) is 1. The molecule has 4 nitrogen and oxygen atoms in total. The Balaban J connectivity index is 1.93. The zero-order chi connectivity index (χ0) is 15.7. The summed E-state index contributed by atoms with van der Waals surface area (Å²) in [6, 6.07) is 15.1. The second-order valence-electron chi connectivity index (χ2n) is 5.48. The van der Waals surface area contributed by atoms with Gasteiger partial charge in [0.05, 0.1) is 13.2 Å². The summed E-state index contributed by atoms with van der Waals surface area (Å²) in [7, 11) is 1.63. The van der Waals surface area contributed by atoms with Gasteiger partial charge in [-0.1, -0.05) is 31.2 Å². The van der Waals surface area contributed by atoms with Crippen molar-refractivity contribution in [2.45, 2.75) is 25.4 Å². The van der Waals surface area contributed by atoms with Crippen LogP contribution in [0.15, 0.2) is 48.5 Å². The maximum Gasteiger partial charge on any atom is 0.247 e. The summed E-state index contributed by atoms with van der Waals surface area (Å²) in [5.74, 6) is 0.724. The Morgan fingerprint density at radius 1 is 1.18 bits per heavy atom. The van der Waals surface area contributed by atoms with Gasteiger partial charge in [-0.25, -0.2) is 0 Å². The quantitative estimate of drug-likeness (QED) is 0.883. The minimum Gasteiger partial charge on any atom is -0.497 e. The molecule has 1 aliphatic rings. The van der Waals surface area contributed by atoms with Crippen molar-refractivity contribution in [3.8, 4) is 5.75 Å². The summed E-state index contributed by atoms with van der Waals surface area (Å²) in [6.07, 6.45) is 0.979. The second-order valence-corrected chi connectivity index (χ2v) is 5.48. The number of benzene rings is 2. The molecule has 1 heterocycles. The average Bonchev–Trinajstić information content (AvgIpc) is 2.58. The molecule has 0 unspecified atom stereocenters. The van der Waals surface area contributed by atoms with Crippen LogP contribution in [0.2, 0.25) is 0 Å². The van der Waals surface area contributed by atoms with E-state index in [1.165, 1.54) is 5.56 Å². The number of aryl methyl sites for hydroxylation is 1. The molecule has 4 heteroatoms. The van der Waals surface area contributed by atoms with Gasteiger partial charge in [-0.3, -0.25) is 4.79 Å². The minimum absolute atomic E-state index is 0.0444. The maximum absolute atomic E-state index is 12.2. The highest BCUT2D eigenvalue weighted by molar-refractivity contribution is 6.05. The molecule has 1 aliphatic heterocycles. The largest absolute Gasteiger partial charge is 0.497 e. The van der Waals surface area contributed by atoms with Crippen molar-refractivity contribution < 1.29 is 9.53 Å². The summed E-state index contributed by atoms with van der Waals surface area (Å²) in [6.45, 7) is 2.11. The molecule has 3 rings (SSSR count). The lowest BCUT2D eigenvalue weighted by molar-refractivity contribution is -0.126. The number of ether oxygens (including phenoxy) is 1. The Morgan fingerprint density at radius 2 is 1.91 bits per heavy atom. The summed E-state index contributed by atoms with van der Waals surface area (Å²) in [5, 5.41) is 0. The van der Waals surface area contributed by atoms with Crippen LogP contribution in [0.5, 0.6) is 5.75 Å². The monoisotopic (exact) mass is 296 g/mol. The predicted octanol–water partition coefficient (Wildman–Crippen LogP) is 2.67. The fraction of sp³-hybridized carbons (Fsp3) is 0.278. The number of nitrogens with two attached hydrogens (primary N) is 1. The number of nitrogens with zero attached hydrogens (tertiary/aromatic N) is 1. The molecule has 114 valence electrons. The van der Waals surface area contributed by atoms with Crippen molar-refractivity contribution in [1.29, 1.82) is 0 Å². The number of hydrogen-bond acceptors (Lipinski definition) is 3. The summed E-state index contributed by atoms with van der Waals surface area (Å²) < 4.78 is 5.26. The highest BCUT2D eigenvalue weighted by Gasteiger charge is 2.46. The second kappa shape index (κ2) is 5.81. The Hall–Kier alpha value is -2.33. The Labute approximate surface area is 130 Å². The smallest absolute Gasteiger partial charge is 0.247 e. The first-order valence-electron chi connectivity index (χ1n) is 7.47. The fourth-order valence-electron chi connectivity index (χ4n) is 2.87. The third-order valence-corrected chi connectivity index (χ3v) is 4.20. The van der Waals surface area contributed by atoms with Gasteiger partial charge < -0.3 is 15.4 Å². The van der Waals surface area contributed by atoms with Crippen LogP contribution in [0, 0.1) is 0 Å². The molecule has 0 bridgehead atoms. The van der Waals surface area contributed by atoms with E-state index in [2.05, 4.69) is 19.1 Å². The van der Waals surface area contributed by atoms with Crippen LogP contribution < -0.4 is 15.4 Å². The SMILES string of the molecule is CCc1ccc(N2C(=O)[C@H](N)[C@@H]2c2cccc(OC)c2)cc1. The third kappa shape index (κ3) is 2.35. The summed E-state index contributed by atoms with van der Waals surface area (Å²) in [5.41, 5.74) is 9.17. The number of carbonyl (C=O) groups excluding carboxylic acids is 1. The van der Waals surface area contributed by atoms with E-state index in [9.17, 15) is 4.79 Å². The third-order valence-electron chi connectivity index (χ3n) is 4.20. The lowest BCUT2D eigenvalue weighted by Crippen LogP contribution is -2.63. The first kappa shape index (κ1) is 14.6. The van der Waals surface area contributed by atoms with Crippen molar-refractivity contribution >= 4 is 11.6 Å². The number of rotatable bonds is 4. The maximum atomic E-state index is 12.2. The van der Waals surface area contributed by atoms with Crippen molar-refractivity contribution in [2.75, 3.05) is 12.0 Å². The number of anilines is 1. The van der Waals surface area contributed by atoms with Gasteiger partial charge >= 0.3 is 0 Å². The van der Waals surface area contributed by atoms with E-state index in [0.29, 0.717) is 0 Å². The molecule has 1 saturated heterocycles. The van der Waals surface area contributed by atoms with Crippen molar-refractivity contribution in [3.05, 3.63) is 59.7 Å². The van der Waals surface area contributed by atoms with Crippen LogP contribution in [0.4, 0.5) is 5.69 Å². The van der Waals surface area contributed by atoms with Crippen molar-refractivity contribution in [2.24, 2.45) is 5.73 Å². The van der Waals surface area contributed by atoms with Gasteiger partial charge in [0.1, 0.15) is 11.8 Å². The van der Waals surface area contributed by atoms with Crippen LogP contribution in [-0.2, 0) is 11.2 Å². The van der Waals surface area contributed by atoms with Gasteiger partial charge in [0.2, 0.25) is 5.91 Å². The highest BCUT2D eigenvalue weighted by Crippen LogP contribution is 2.39. The highest BCUT2D eigenvalue weighted by atomic mass is 16.5. The standard InChI is InChI=1S/C18H20N2O2/c1-3-12-7-9-14(10-8-12)20-17(16(19)18(20)21)13-5-4-6-15(11-13)22-2/h4-11,16-17H,3,19H2,1-2H3/t16-,17+/m1/s1. The van der Waals surface area contributed by atoms with E-state index in [0.717, 1.165) is 23.4 Å². The van der Waals surface area contributed by atoms with Gasteiger partial charge in [0.25, 0.3) is 0 Å². The van der Waals surface area contributed by atoms with Gasteiger partial charge in [-0.15, -0.1) is 0 Å². The molecule has 0 aliphatic carbocycles. The fourth-order valence-corrected chi connectivity index (χ4v) is 2.87. The number of β-lactam (4-membered cyclic amide) rings is 1. The van der Waals surface area contributed by atoms with Crippen LogP contribution in [0.1, 0.15) is 24.1 Å². The summed E-state index contributed by atoms with van der Waals surface area (Å²) in [4.78, 5) is 14.0. The van der Waals surface area contributed by atoms with E-state index in [1.54, 1.807) is 12.0 Å². The molecule has 2 N–H and O–H groups in total. The number of carbonyl (C=O) groups is 1. The molecular weight excluding hydrogens is 276 g/mol. The Morgan fingerprint density at radius 3 is 2.55 bits per heavy atom. The van der Waals surface area contributed by atoms with Crippen molar-refractivity contribution in [3.63, 3.8) is 0 Å². The Kier molecular flexibility index (Phi) is 3.86. The lowest BCUT2D eigenvalue weighted by atomic mass is 9.88. The molecule has 22 heavy (non-hydrogen) atoms. The van der Waals surface area contributed by atoms with E-state index in [1.807, 2.05) is 36.4 Å².